The molecule has 4 nitrogen and oxygen atoms in total. The van der Waals surface area contributed by atoms with Crippen LogP contribution in [0.4, 0.5) is 0 Å². The van der Waals surface area contributed by atoms with Gasteiger partial charge in [-0.2, -0.15) is 0 Å². The fourth-order valence-corrected chi connectivity index (χ4v) is 4.87. The Bertz CT molecular complexity index is 405. The fraction of sp³-hybridized carbons (Fsp3) is 1.00. The van der Waals surface area contributed by atoms with Crippen molar-refractivity contribution in [2.45, 2.75) is 123 Å². The van der Waals surface area contributed by atoms with Gasteiger partial charge in [0.1, 0.15) is 0 Å². The molecule has 1 unspecified atom stereocenters. The third-order valence-corrected chi connectivity index (χ3v) is 6.85. The van der Waals surface area contributed by atoms with Crippen molar-refractivity contribution in [2.24, 2.45) is 5.41 Å². The molecule has 5 heteroatoms. The maximum atomic E-state index is 11.6. The average molecular weight is 377 g/mol. The molecular formula is C20H41O4P. The number of phosphoric acid groups is 1. The molecule has 0 aromatic rings. The molecule has 1 saturated carbocycles. The monoisotopic (exact) mass is 376 g/mol. The van der Waals surface area contributed by atoms with Gasteiger partial charge in [-0.25, -0.2) is 4.57 Å². The summed E-state index contributed by atoms with van der Waals surface area (Å²) < 4.78 is 16.9. The van der Waals surface area contributed by atoms with Crippen LogP contribution in [0.5, 0.6) is 0 Å². The van der Waals surface area contributed by atoms with Crippen LogP contribution >= 0.6 is 7.82 Å². The fourth-order valence-electron chi connectivity index (χ4n) is 4.01. The van der Waals surface area contributed by atoms with Gasteiger partial charge < -0.3 is 9.79 Å². The Balaban J connectivity index is 2.71. The molecule has 25 heavy (non-hydrogen) atoms. The van der Waals surface area contributed by atoms with Crippen molar-refractivity contribution in [3.8, 4) is 0 Å². The topological polar surface area (TPSA) is 66.8 Å². The van der Waals surface area contributed by atoms with E-state index < -0.39 is 13.4 Å². The second-order valence-electron chi connectivity index (χ2n) is 8.79. The van der Waals surface area contributed by atoms with E-state index in [0.717, 1.165) is 25.7 Å². The van der Waals surface area contributed by atoms with E-state index >= 15 is 0 Å². The lowest BCUT2D eigenvalue weighted by Crippen LogP contribution is -2.43. The SMILES string of the molecule is CC1(C)CCCCCCCCCCCCCCCC1(C)OP(=O)(O)O. The quantitative estimate of drug-likeness (QED) is 0.523. The molecule has 0 bridgehead atoms. The number of phosphoric ester groups is 1. The van der Waals surface area contributed by atoms with E-state index in [1.807, 2.05) is 6.92 Å². The normalized spacial score (nSPS) is 29.0. The van der Waals surface area contributed by atoms with E-state index in [0.29, 0.717) is 6.42 Å². The molecule has 0 radical (unpaired) electrons. The summed E-state index contributed by atoms with van der Waals surface area (Å²) in [6, 6.07) is 0. The highest BCUT2D eigenvalue weighted by Gasteiger charge is 2.45. The summed E-state index contributed by atoms with van der Waals surface area (Å²) in [6.07, 6.45) is 17.9. The second-order valence-corrected chi connectivity index (χ2v) is 9.96. The Morgan fingerprint density at radius 1 is 0.640 bits per heavy atom. The van der Waals surface area contributed by atoms with Crippen molar-refractivity contribution in [3.05, 3.63) is 0 Å². The van der Waals surface area contributed by atoms with Gasteiger partial charge in [0.05, 0.1) is 5.60 Å². The van der Waals surface area contributed by atoms with Gasteiger partial charge in [0, 0.05) is 0 Å². The summed E-state index contributed by atoms with van der Waals surface area (Å²) >= 11 is 0. The summed E-state index contributed by atoms with van der Waals surface area (Å²) in [5.41, 5.74) is -1.03. The van der Waals surface area contributed by atoms with E-state index in [1.165, 1.54) is 64.2 Å². The maximum absolute atomic E-state index is 11.6. The molecule has 1 atom stereocenters. The van der Waals surface area contributed by atoms with Crippen molar-refractivity contribution in [1.82, 2.24) is 0 Å². The van der Waals surface area contributed by atoms with Gasteiger partial charge >= 0.3 is 7.82 Å². The lowest BCUT2D eigenvalue weighted by atomic mass is 9.70. The molecule has 1 aliphatic rings. The van der Waals surface area contributed by atoms with E-state index in [2.05, 4.69) is 13.8 Å². The Morgan fingerprint density at radius 3 is 1.32 bits per heavy atom. The third-order valence-electron chi connectivity index (χ3n) is 6.21. The first-order chi connectivity index (χ1) is 11.7. The van der Waals surface area contributed by atoms with Gasteiger partial charge in [0.2, 0.25) is 0 Å². The van der Waals surface area contributed by atoms with Crippen molar-refractivity contribution in [2.75, 3.05) is 0 Å². The van der Waals surface area contributed by atoms with Crippen molar-refractivity contribution >= 4 is 7.82 Å². The molecule has 150 valence electrons. The summed E-state index contributed by atoms with van der Waals surface area (Å²) in [5.74, 6) is 0. The summed E-state index contributed by atoms with van der Waals surface area (Å²) in [5, 5.41) is 0. The highest BCUT2D eigenvalue weighted by Crippen LogP contribution is 2.51. The van der Waals surface area contributed by atoms with Gasteiger partial charge in [0.15, 0.2) is 0 Å². The molecule has 0 amide bonds. The summed E-state index contributed by atoms with van der Waals surface area (Å²) in [7, 11) is -4.49. The molecule has 0 aliphatic heterocycles. The van der Waals surface area contributed by atoms with Crippen LogP contribution in [0.25, 0.3) is 0 Å². The Morgan fingerprint density at radius 2 is 0.960 bits per heavy atom. The minimum Gasteiger partial charge on any atom is -0.303 e. The smallest absolute Gasteiger partial charge is 0.303 e. The standard InChI is InChI=1S/C20H41O4P/c1-19(2)17-15-13-11-9-7-5-4-6-8-10-12-14-16-18-20(19,3)24-25(21,22)23/h4-18H2,1-3H3,(H2,21,22,23). The van der Waals surface area contributed by atoms with E-state index in [-0.39, 0.29) is 5.41 Å². The predicted octanol–water partition coefficient (Wildman–Crippen LogP) is 6.75. The minimum absolute atomic E-state index is 0.248. The van der Waals surface area contributed by atoms with Gasteiger partial charge in [-0.15, -0.1) is 0 Å². The van der Waals surface area contributed by atoms with E-state index in [4.69, 9.17) is 4.52 Å². The number of hydrogen-bond donors (Lipinski definition) is 2. The molecule has 1 rings (SSSR count). The van der Waals surface area contributed by atoms with Crippen LogP contribution in [0.3, 0.4) is 0 Å². The Hall–Kier alpha value is 0.110. The molecule has 0 saturated heterocycles. The van der Waals surface area contributed by atoms with Crippen molar-refractivity contribution in [1.29, 1.82) is 0 Å². The number of rotatable bonds is 2. The van der Waals surface area contributed by atoms with Crippen LogP contribution in [0.15, 0.2) is 0 Å². The van der Waals surface area contributed by atoms with E-state index in [9.17, 15) is 14.4 Å². The van der Waals surface area contributed by atoms with Crippen LogP contribution in [0.2, 0.25) is 0 Å². The van der Waals surface area contributed by atoms with Crippen LogP contribution < -0.4 is 0 Å². The molecule has 0 aromatic carbocycles. The van der Waals surface area contributed by atoms with Crippen LogP contribution in [0, 0.1) is 5.41 Å². The minimum atomic E-state index is -4.49. The van der Waals surface area contributed by atoms with Crippen LogP contribution in [-0.4, -0.2) is 15.4 Å². The summed E-state index contributed by atoms with van der Waals surface area (Å²) in [4.78, 5) is 18.9. The largest absolute Gasteiger partial charge is 0.470 e. The van der Waals surface area contributed by atoms with Gasteiger partial charge in [-0.3, -0.25) is 4.52 Å². The first-order valence-electron chi connectivity index (χ1n) is 10.4. The zero-order valence-electron chi connectivity index (χ0n) is 16.8. The number of hydrogen-bond acceptors (Lipinski definition) is 2. The first kappa shape index (κ1) is 23.1. The highest BCUT2D eigenvalue weighted by atomic mass is 31.2. The first-order valence-corrected chi connectivity index (χ1v) is 12.0. The molecule has 2 N–H and O–H groups in total. The predicted molar refractivity (Wildman–Crippen MR) is 105 cm³/mol. The van der Waals surface area contributed by atoms with Crippen LogP contribution in [-0.2, 0) is 9.09 Å². The lowest BCUT2D eigenvalue weighted by molar-refractivity contribution is -0.0594. The molecule has 0 spiro atoms. The highest BCUT2D eigenvalue weighted by molar-refractivity contribution is 7.46. The molecule has 1 fully saturated rings. The molecule has 0 heterocycles. The van der Waals surface area contributed by atoms with Gasteiger partial charge in [0.25, 0.3) is 0 Å². The zero-order valence-corrected chi connectivity index (χ0v) is 17.7. The van der Waals surface area contributed by atoms with E-state index in [1.54, 1.807) is 0 Å². The Kier molecular flexibility index (Phi) is 10.2. The zero-order chi connectivity index (χ0) is 18.8. The van der Waals surface area contributed by atoms with Crippen molar-refractivity contribution in [3.63, 3.8) is 0 Å². The Labute approximate surface area is 155 Å². The van der Waals surface area contributed by atoms with Crippen molar-refractivity contribution < 1.29 is 18.9 Å². The molecule has 1 aliphatic carbocycles. The third kappa shape index (κ3) is 9.56. The lowest BCUT2D eigenvalue weighted by Gasteiger charge is -2.44. The van der Waals surface area contributed by atoms with Crippen LogP contribution in [0.1, 0.15) is 117 Å². The molecular weight excluding hydrogens is 335 g/mol. The molecule has 0 aromatic heterocycles. The second kappa shape index (κ2) is 11.1. The average Bonchev–Trinajstić information content (AvgIpc) is 2.48. The summed E-state index contributed by atoms with van der Waals surface area (Å²) in [6.45, 7) is 6.12. The van der Waals surface area contributed by atoms with Gasteiger partial charge in [-0.1, -0.05) is 97.3 Å². The van der Waals surface area contributed by atoms with Gasteiger partial charge in [-0.05, 0) is 25.2 Å². The maximum Gasteiger partial charge on any atom is 0.470 e.